The van der Waals surface area contributed by atoms with Crippen LogP contribution >= 0.6 is 11.6 Å². The Balaban J connectivity index is 2.00. The van der Waals surface area contributed by atoms with Gasteiger partial charge in [-0.25, -0.2) is 4.39 Å². The fraction of sp³-hybridized carbons (Fsp3) is 0. The molecule has 2 aromatic carbocycles. The van der Waals surface area contributed by atoms with E-state index in [1.54, 1.807) is 0 Å². The third-order valence-electron chi connectivity index (χ3n) is 2.59. The minimum atomic E-state index is -0.674. The van der Waals surface area contributed by atoms with Crippen molar-refractivity contribution < 1.29 is 19.1 Å². The van der Waals surface area contributed by atoms with E-state index in [0.29, 0.717) is 0 Å². The molecule has 2 aromatic rings. The lowest BCUT2D eigenvalue weighted by Crippen LogP contribution is -2.41. The Morgan fingerprint density at radius 2 is 1.62 bits per heavy atom. The maximum atomic E-state index is 12.9. The molecule has 3 N–H and O–H groups in total. The topological polar surface area (TPSA) is 78.4 Å². The SMILES string of the molecule is O=C(NNC(=O)c1ccc(F)cc1Cl)c1ccc(O)cc1. The molecule has 0 saturated carbocycles. The van der Waals surface area contributed by atoms with Crippen LogP contribution in [0.4, 0.5) is 4.39 Å². The molecule has 0 heterocycles. The van der Waals surface area contributed by atoms with Gasteiger partial charge in [-0.15, -0.1) is 0 Å². The zero-order valence-corrected chi connectivity index (χ0v) is 11.3. The summed E-state index contributed by atoms with van der Waals surface area (Å²) >= 11 is 5.73. The van der Waals surface area contributed by atoms with Crippen molar-refractivity contribution in [1.29, 1.82) is 0 Å². The van der Waals surface area contributed by atoms with Crippen molar-refractivity contribution in [2.24, 2.45) is 0 Å². The van der Waals surface area contributed by atoms with Crippen molar-refractivity contribution in [2.45, 2.75) is 0 Å². The molecule has 0 radical (unpaired) electrons. The van der Waals surface area contributed by atoms with E-state index in [9.17, 15) is 14.0 Å². The Kier molecular flexibility index (Phi) is 4.39. The molecule has 7 heteroatoms. The van der Waals surface area contributed by atoms with Gasteiger partial charge >= 0.3 is 0 Å². The van der Waals surface area contributed by atoms with Gasteiger partial charge in [-0.1, -0.05) is 11.6 Å². The number of hydrogen-bond donors (Lipinski definition) is 3. The molecule has 2 rings (SSSR count). The van der Waals surface area contributed by atoms with Gasteiger partial charge in [0.15, 0.2) is 0 Å². The van der Waals surface area contributed by atoms with Gasteiger partial charge in [0.2, 0.25) is 0 Å². The van der Waals surface area contributed by atoms with Gasteiger partial charge in [0, 0.05) is 5.56 Å². The third kappa shape index (κ3) is 3.70. The van der Waals surface area contributed by atoms with E-state index in [-0.39, 0.29) is 21.9 Å². The molecule has 0 spiro atoms. The highest BCUT2D eigenvalue weighted by molar-refractivity contribution is 6.33. The molecule has 0 aromatic heterocycles. The number of amides is 2. The number of carbonyl (C=O) groups excluding carboxylic acids is 2. The summed E-state index contributed by atoms with van der Waals surface area (Å²) in [6.45, 7) is 0. The van der Waals surface area contributed by atoms with E-state index < -0.39 is 17.6 Å². The normalized spacial score (nSPS) is 10.0. The number of phenolic OH excluding ortho intramolecular Hbond substituents is 1. The summed E-state index contributed by atoms with van der Waals surface area (Å²) < 4.78 is 12.9. The fourth-order valence-corrected chi connectivity index (χ4v) is 1.79. The fourth-order valence-electron chi connectivity index (χ4n) is 1.54. The van der Waals surface area contributed by atoms with Gasteiger partial charge in [-0.3, -0.25) is 20.4 Å². The van der Waals surface area contributed by atoms with Crippen LogP contribution in [0, 0.1) is 5.82 Å². The summed E-state index contributed by atoms with van der Waals surface area (Å²) in [5, 5.41) is 9.05. The highest BCUT2D eigenvalue weighted by atomic mass is 35.5. The number of phenols is 1. The highest BCUT2D eigenvalue weighted by Gasteiger charge is 2.12. The van der Waals surface area contributed by atoms with Gasteiger partial charge in [0.05, 0.1) is 10.6 Å². The lowest BCUT2D eigenvalue weighted by Gasteiger charge is -2.08. The smallest absolute Gasteiger partial charge is 0.271 e. The molecule has 0 atom stereocenters. The van der Waals surface area contributed by atoms with Gasteiger partial charge < -0.3 is 5.11 Å². The number of carbonyl (C=O) groups is 2. The second-order valence-corrected chi connectivity index (χ2v) is 4.49. The summed E-state index contributed by atoms with van der Waals surface area (Å²) in [6.07, 6.45) is 0. The van der Waals surface area contributed by atoms with Crippen LogP contribution in [0.2, 0.25) is 5.02 Å². The van der Waals surface area contributed by atoms with Gasteiger partial charge in [-0.05, 0) is 42.5 Å². The van der Waals surface area contributed by atoms with Crippen LogP contribution in [0.1, 0.15) is 20.7 Å². The summed E-state index contributed by atoms with van der Waals surface area (Å²) in [5.41, 5.74) is 4.63. The number of aromatic hydroxyl groups is 1. The number of nitrogens with one attached hydrogen (secondary N) is 2. The molecular weight excluding hydrogens is 299 g/mol. The Morgan fingerprint density at radius 3 is 2.24 bits per heavy atom. The van der Waals surface area contributed by atoms with Crippen molar-refractivity contribution in [3.05, 3.63) is 64.4 Å². The first kappa shape index (κ1) is 14.8. The zero-order chi connectivity index (χ0) is 15.4. The van der Waals surface area contributed by atoms with E-state index in [0.717, 1.165) is 12.1 Å². The van der Waals surface area contributed by atoms with Crippen LogP contribution in [0.25, 0.3) is 0 Å². The molecule has 0 bridgehead atoms. The summed E-state index contributed by atoms with van der Waals surface area (Å²) in [7, 11) is 0. The maximum absolute atomic E-state index is 12.9. The molecule has 0 aliphatic rings. The molecule has 0 aliphatic carbocycles. The Morgan fingerprint density at radius 1 is 1.00 bits per heavy atom. The van der Waals surface area contributed by atoms with E-state index in [1.165, 1.54) is 30.3 Å². The summed E-state index contributed by atoms with van der Waals surface area (Å²) in [4.78, 5) is 23.5. The largest absolute Gasteiger partial charge is 0.508 e. The van der Waals surface area contributed by atoms with Crippen molar-refractivity contribution in [1.82, 2.24) is 10.9 Å². The minimum Gasteiger partial charge on any atom is -0.508 e. The Hall–Kier alpha value is -2.60. The predicted molar refractivity (Wildman–Crippen MR) is 74.4 cm³/mol. The average Bonchev–Trinajstić information content (AvgIpc) is 2.45. The van der Waals surface area contributed by atoms with Gasteiger partial charge in [0.25, 0.3) is 11.8 Å². The van der Waals surface area contributed by atoms with Crippen molar-refractivity contribution >= 4 is 23.4 Å². The number of hydrazine groups is 1. The van der Waals surface area contributed by atoms with Crippen molar-refractivity contribution in [3.63, 3.8) is 0 Å². The van der Waals surface area contributed by atoms with Crippen LogP contribution in [0.3, 0.4) is 0 Å². The first-order valence-electron chi connectivity index (χ1n) is 5.82. The van der Waals surface area contributed by atoms with Crippen LogP contribution in [-0.4, -0.2) is 16.9 Å². The second-order valence-electron chi connectivity index (χ2n) is 4.08. The maximum Gasteiger partial charge on any atom is 0.271 e. The van der Waals surface area contributed by atoms with E-state index in [2.05, 4.69) is 10.9 Å². The molecule has 5 nitrogen and oxygen atoms in total. The Labute approximate surface area is 124 Å². The molecular formula is C14H10ClFN2O3. The van der Waals surface area contributed by atoms with Gasteiger partial charge in [0.1, 0.15) is 11.6 Å². The number of hydrogen-bond acceptors (Lipinski definition) is 3. The molecule has 0 aliphatic heterocycles. The van der Waals surface area contributed by atoms with Crippen molar-refractivity contribution in [3.8, 4) is 5.75 Å². The zero-order valence-electron chi connectivity index (χ0n) is 10.6. The highest BCUT2D eigenvalue weighted by Crippen LogP contribution is 2.16. The van der Waals surface area contributed by atoms with Crippen LogP contribution in [-0.2, 0) is 0 Å². The summed E-state index contributed by atoms with van der Waals surface area (Å²) in [5.74, 6) is -1.79. The molecule has 0 fully saturated rings. The van der Waals surface area contributed by atoms with E-state index in [1.807, 2.05) is 0 Å². The monoisotopic (exact) mass is 308 g/mol. The van der Waals surface area contributed by atoms with Crippen LogP contribution < -0.4 is 10.9 Å². The van der Waals surface area contributed by atoms with Crippen molar-refractivity contribution in [2.75, 3.05) is 0 Å². The molecule has 0 unspecified atom stereocenters. The van der Waals surface area contributed by atoms with Crippen LogP contribution in [0.5, 0.6) is 5.75 Å². The number of halogens is 2. The number of benzene rings is 2. The summed E-state index contributed by atoms with van der Waals surface area (Å²) in [6, 6.07) is 8.76. The standard InChI is InChI=1S/C14H10ClFN2O3/c15-12-7-9(16)3-6-11(12)14(21)18-17-13(20)8-1-4-10(19)5-2-8/h1-7,19H,(H,17,20)(H,18,21). The minimum absolute atomic E-state index is 0.0219. The predicted octanol–water partition coefficient (Wildman–Crippen LogP) is 2.26. The molecule has 0 saturated heterocycles. The molecule has 108 valence electrons. The Bertz CT molecular complexity index is 689. The van der Waals surface area contributed by atoms with Gasteiger partial charge in [-0.2, -0.15) is 0 Å². The third-order valence-corrected chi connectivity index (χ3v) is 2.91. The first-order valence-corrected chi connectivity index (χ1v) is 6.20. The second kappa shape index (κ2) is 6.23. The van der Waals surface area contributed by atoms with Crippen LogP contribution in [0.15, 0.2) is 42.5 Å². The molecule has 2 amide bonds. The van der Waals surface area contributed by atoms with E-state index >= 15 is 0 Å². The average molecular weight is 309 g/mol. The number of rotatable bonds is 2. The lowest BCUT2D eigenvalue weighted by molar-refractivity contribution is 0.0846. The first-order chi connectivity index (χ1) is 9.97. The molecule has 21 heavy (non-hydrogen) atoms. The quantitative estimate of drug-likeness (QED) is 0.745. The van der Waals surface area contributed by atoms with E-state index in [4.69, 9.17) is 16.7 Å². The lowest BCUT2D eigenvalue weighted by atomic mass is 10.2.